The molecular formula is C12H16ClN5OS. The third-order valence-electron chi connectivity index (χ3n) is 2.32. The molecule has 0 aliphatic heterocycles. The van der Waals surface area contributed by atoms with Crippen LogP contribution >= 0.6 is 23.4 Å². The van der Waals surface area contributed by atoms with Crippen molar-refractivity contribution in [2.24, 2.45) is 16.5 Å². The Bertz CT molecular complexity index is 530. The largest absolute Gasteiger partial charge is 0.370 e. The number of carbonyl (C=O) groups excluding carboxylic acids is 1. The number of thioether (sulfide) groups is 1. The van der Waals surface area contributed by atoms with Crippen molar-refractivity contribution < 1.29 is 4.79 Å². The van der Waals surface area contributed by atoms with Crippen LogP contribution in [0.25, 0.3) is 0 Å². The molecule has 1 atom stereocenters. The smallest absolute Gasteiger partial charge is 0.230 e. The molecule has 8 heteroatoms. The summed E-state index contributed by atoms with van der Waals surface area (Å²) in [4.78, 5) is 15.3. The van der Waals surface area contributed by atoms with E-state index < -0.39 is 0 Å². The lowest BCUT2D eigenvalue weighted by Gasteiger charge is -2.15. The highest BCUT2D eigenvalue weighted by atomic mass is 35.5. The average Bonchev–Trinajstić information content (AvgIpc) is 2.36. The Morgan fingerprint density at radius 2 is 2.15 bits per heavy atom. The van der Waals surface area contributed by atoms with Crippen molar-refractivity contribution in [1.82, 2.24) is 5.32 Å². The number of rotatable bonds is 4. The summed E-state index contributed by atoms with van der Waals surface area (Å²) in [6, 6.07) is 7.08. The number of nitrogens with zero attached hydrogens (tertiary/aromatic N) is 1. The molecule has 6 N–H and O–H groups in total. The van der Waals surface area contributed by atoms with E-state index in [4.69, 9.17) is 28.5 Å². The average molecular weight is 314 g/mol. The zero-order valence-corrected chi connectivity index (χ0v) is 12.5. The molecule has 1 rings (SSSR count). The van der Waals surface area contributed by atoms with Gasteiger partial charge in [-0.05, 0) is 18.6 Å². The third kappa shape index (κ3) is 5.50. The van der Waals surface area contributed by atoms with Gasteiger partial charge in [0.2, 0.25) is 5.91 Å². The Labute approximate surface area is 126 Å². The third-order valence-corrected chi connectivity index (χ3v) is 3.44. The maximum absolute atomic E-state index is 11.7. The van der Waals surface area contributed by atoms with Gasteiger partial charge >= 0.3 is 0 Å². The summed E-state index contributed by atoms with van der Waals surface area (Å²) in [6.07, 6.45) is 0. The van der Waals surface area contributed by atoms with Crippen LogP contribution in [0.1, 0.15) is 18.5 Å². The Morgan fingerprint density at radius 3 is 2.75 bits per heavy atom. The first-order valence-electron chi connectivity index (χ1n) is 5.75. The highest BCUT2D eigenvalue weighted by Gasteiger charge is 2.12. The quantitative estimate of drug-likeness (QED) is 0.497. The minimum Gasteiger partial charge on any atom is -0.370 e. The molecular weight excluding hydrogens is 298 g/mol. The predicted octanol–water partition coefficient (Wildman–Crippen LogP) is 1.46. The van der Waals surface area contributed by atoms with Gasteiger partial charge in [-0.1, -0.05) is 41.6 Å². The van der Waals surface area contributed by atoms with Crippen LogP contribution in [-0.4, -0.2) is 22.8 Å². The van der Waals surface area contributed by atoms with Crippen molar-refractivity contribution in [2.75, 3.05) is 5.75 Å². The van der Waals surface area contributed by atoms with Gasteiger partial charge in [-0.25, -0.2) is 0 Å². The zero-order chi connectivity index (χ0) is 15.1. The number of halogens is 1. The van der Waals surface area contributed by atoms with Crippen molar-refractivity contribution in [1.29, 1.82) is 5.41 Å². The highest BCUT2D eigenvalue weighted by molar-refractivity contribution is 8.14. The van der Waals surface area contributed by atoms with Crippen molar-refractivity contribution >= 4 is 40.4 Å². The first-order chi connectivity index (χ1) is 9.40. The highest BCUT2D eigenvalue weighted by Crippen LogP contribution is 2.22. The number of benzene rings is 1. The van der Waals surface area contributed by atoms with Gasteiger partial charge in [0.15, 0.2) is 11.1 Å². The van der Waals surface area contributed by atoms with E-state index in [1.54, 1.807) is 6.07 Å². The number of amides is 1. The van der Waals surface area contributed by atoms with E-state index in [0.717, 1.165) is 17.3 Å². The van der Waals surface area contributed by atoms with Gasteiger partial charge in [0.1, 0.15) is 0 Å². The monoisotopic (exact) mass is 313 g/mol. The number of hydrogen-bond donors (Lipinski definition) is 4. The molecule has 1 aromatic carbocycles. The van der Waals surface area contributed by atoms with Crippen molar-refractivity contribution in [2.45, 2.75) is 13.0 Å². The summed E-state index contributed by atoms with van der Waals surface area (Å²) in [7, 11) is 0. The summed E-state index contributed by atoms with van der Waals surface area (Å²) < 4.78 is 0. The molecule has 0 saturated heterocycles. The van der Waals surface area contributed by atoms with Crippen molar-refractivity contribution in [3.63, 3.8) is 0 Å². The van der Waals surface area contributed by atoms with Gasteiger partial charge in [0.05, 0.1) is 11.8 Å². The van der Waals surface area contributed by atoms with E-state index in [0.29, 0.717) is 5.02 Å². The fraction of sp³-hybridized carbons (Fsp3) is 0.250. The minimum atomic E-state index is -0.224. The molecule has 0 heterocycles. The number of hydrogen-bond acceptors (Lipinski definition) is 3. The van der Waals surface area contributed by atoms with Crippen molar-refractivity contribution in [3.05, 3.63) is 34.9 Å². The molecule has 0 bridgehead atoms. The molecule has 20 heavy (non-hydrogen) atoms. The van der Waals surface area contributed by atoms with E-state index >= 15 is 0 Å². The first kappa shape index (κ1) is 16.3. The van der Waals surface area contributed by atoms with Crippen LogP contribution in [0, 0.1) is 5.41 Å². The molecule has 1 aromatic rings. The van der Waals surface area contributed by atoms with E-state index in [-0.39, 0.29) is 28.8 Å². The topological polar surface area (TPSA) is 117 Å². The molecule has 0 saturated carbocycles. The van der Waals surface area contributed by atoms with E-state index in [1.165, 1.54) is 0 Å². The van der Waals surface area contributed by atoms with Gasteiger partial charge in [-0.3, -0.25) is 10.2 Å². The van der Waals surface area contributed by atoms with Gasteiger partial charge in [-0.15, -0.1) is 0 Å². The van der Waals surface area contributed by atoms with Crippen molar-refractivity contribution in [3.8, 4) is 0 Å². The standard InChI is InChI=1S/C12H16ClN5OS/c1-7(8-4-2-3-5-9(8)13)17-10(19)6-20-12(16)18-11(14)15/h2-5,7H,6H2,1H3,(H,17,19)(H5,14,15,16,18). The van der Waals surface area contributed by atoms with Gasteiger partial charge in [0, 0.05) is 5.02 Å². The Balaban J connectivity index is 2.49. The summed E-state index contributed by atoms with van der Waals surface area (Å²) in [5.41, 5.74) is 11.1. The van der Waals surface area contributed by atoms with E-state index in [9.17, 15) is 4.79 Å². The molecule has 0 aliphatic rings. The second-order valence-electron chi connectivity index (χ2n) is 3.94. The molecule has 0 radical (unpaired) electrons. The first-order valence-corrected chi connectivity index (χ1v) is 7.11. The molecule has 0 aliphatic carbocycles. The SMILES string of the molecule is CC(NC(=O)CSC(=N)N=C(N)N)c1ccccc1Cl. The van der Waals surface area contributed by atoms with Crippen LogP contribution < -0.4 is 16.8 Å². The van der Waals surface area contributed by atoms with Crippen LogP contribution in [0.4, 0.5) is 0 Å². The van der Waals surface area contributed by atoms with Crippen LogP contribution in [0.15, 0.2) is 29.3 Å². The van der Waals surface area contributed by atoms with Gasteiger partial charge < -0.3 is 16.8 Å². The maximum Gasteiger partial charge on any atom is 0.230 e. The molecule has 108 valence electrons. The second-order valence-corrected chi connectivity index (χ2v) is 5.31. The molecule has 1 amide bonds. The summed E-state index contributed by atoms with van der Waals surface area (Å²) in [6.45, 7) is 1.84. The number of aliphatic imine (C=N–C) groups is 1. The molecule has 6 nitrogen and oxygen atoms in total. The van der Waals surface area contributed by atoms with Crippen LogP contribution in [0.2, 0.25) is 5.02 Å². The molecule has 0 aromatic heterocycles. The summed E-state index contributed by atoms with van der Waals surface area (Å²) in [5.74, 6) is -0.366. The minimum absolute atomic E-state index is 0.0599. The number of amidine groups is 1. The van der Waals surface area contributed by atoms with Gasteiger partial charge in [-0.2, -0.15) is 4.99 Å². The number of guanidine groups is 1. The van der Waals surface area contributed by atoms with Crippen LogP contribution in [0.5, 0.6) is 0 Å². The maximum atomic E-state index is 11.7. The molecule has 0 fully saturated rings. The Kier molecular flexibility index (Phi) is 6.33. The fourth-order valence-corrected chi connectivity index (χ4v) is 2.29. The number of nitrogens with one attached hydrogen (secondary N) is 2. The molecule has 1 unspecified atom stereocenters. The second kappa shape index (κ2) is 7.76. The van der Waals surface area contributed by atoms with E-state index in [2.05, 4.69) is 10.3 Å². The van der Waals surface area contributed by atoms with Crippen LogP contribution in [0.3, 0.4) is 0 Å². The summed E-state index contributed by atoms with van der Waals surface area (Å²) >= 11 is 7.00. The lowest BCUT2D eigenvalue weighted by molar-refractivity contribution is -0.119. The van der Waals surface area contributed by atoms with E-state index in [1.807, 2.05) is 25.1 Å². The number of carbonyl (C=O) groups is 1. The lowest BCUT2D eigenvalue weighted by Crippen LogP contribution is -2.29. The fourth-order valence-electron chi connectivity index (χ4n) is 1.47. The van der Waals surface area contributed by atoms with Crippen LogP contribution in [-0.2, 0) is 4.79 Å². The zero-order valence-electron chi connectivity index (χ0n) is 10.9. The predicted molar refractivity (Wildman–Crippen MR) is 84.0 cm³/mol. The van der Waals surface area contributed by atoms with Gasteiger partial charge in [0.25, 0.3) is 0 Å². The normalized spacial score (nSPS) is 11.5. The Morgan fingerprint density at radius 1 is 1.50 bits per heavy atom. The molecule has 0 spiro atoms. The lowest BCUT2D eigenvalue weighted by atomic mass is 10.1. The number of nitrogens with two attached hydrogens (primary N) is 2. The summed E-state index contributed by atoms with van der Waals surface area (Å²) in [5, 5.41) is 10.7. The Hall–Kier alpha value is -1.73.